The molecule has 2 aromatic heterocycles. The van der Waals surface area contributed by atoms with Crippen LogP contribution in [0.5, 0.6) is 0 Å². The van der Waals surface area contributed by atoms with Gasteiger partial charge in [0.1, 0.15) is 0 Å². The van der Waals surface area contributed by atoms with Crippen molar-refractivity contribution in [3.63, 3.8) is 0 Å². The number of piperazine rings is 1. The molecule has 2 aliphatic rings. The molecule has 1 aliphatic heterocycles. The molecule has 0 aromatic carbocycles. The maximum absolute atomic E-state index is 14.8. The van der Waals surface area contributed by atoms with Gasteiger partial charge in [-0.05, 0) is 32.7 Å². The summed E-state index contributed by atoms with van der Waals surface area (Å²) in [5, 5.41) is 0. The van der Waals surface area contributed by atoms with Crippen LogP contribution in [0, 0.1) is 12.7 Å². The van der Waals surface area contributed by atoms with Crippen molar-refractivity contribution in [2.75, 3.05) is 38.1 Å². The Morgan fingerprint density at radius 3 is 2.46 bits per heavy atom. The van der Waals surface area contributed by atoms with Gasteiger partial charge in [-0.1, -0.05) is 0 Å². The van der Waals surface area contributed by atoms with Gasteiger partial charge < -0.3 is 9.80 Å². The van der Waals surface area contributed by atoms with Gasteiger partial charge in [0.15, 0.2) is 5.82 Å². The summed E-state index contributed by atoms with van der Waals surface area (Å²) in [5.74, 6) is -0.241. The molecule has 0 radical (unpaired) electrons. The summed E-state index contributed by atoms with van der Waals surface area (Å²) in [7, 11) is 2.05. The first-order valence-electron chi connectivity index (χ1n) is 8.38. The van der Waals surface area contributed by atoms with Crippen LogP contribution in [-0.2, 0) is 0 Å². The lowest BCUT2D eigenvalue weighted by Gasteiger charge is -2.35. The average Bonchev–Trinajstić information content (AvgIpc) is 3.35. The molecule has 3 heterocycles. The van der Waals surface area contributed by atoms with Gasteiger partial charge in [-0.15, -0.1) is 0 Å². The van der Waals surface area contributed by atoms with E-state index in [4.69, 9.17) is 0 Å². The van der Waals surface area contributed by atoms with E-state index in [-0.39, 0.29) is 11.5 Å². The number of pyridine rings is 1. The lowest BCUT2D eigenvalue weighted by molar-refractivity contribution is 0.311. The Morgan fingerprint density at radius 2 is 1.83 bits per heavy atom. The summed E-state index contributed by atoms with van der Waals surface area (Å²) in [6.45, 7) is 5.01. The maximum Gasteiger partial charge on any atom is 0.333 e. The molecule has 1 aliphatic carbocycles. The van der Waals surface area contributed by atoms with Gasteiger partial charge in [-0.2, -0.15) is 0 Å². The Labute approximate surface area is 138 Å². The molecule has 1 N–H and O–H groups in total. The first-order chi connectivity index (χ1) is 11.5. The Bertz CT molecular complexity index is 921. The molecule has 6 nitrogen and oxygen atoms in total. The Morgan fingerprint density at radius 1 is 1.17 bits per heavy atom. The molecule has 1 saturated carbocycles. The molecule has 0 spiro atoms. The Hall–Kier alpha value is -2.15. The number of aryl methyl sites for hydroxylation is 1. The predicted octanol–water partition coefficient (Wildman–Crippen LogP) is 1.06. The van der Waals surface area contributed by atoms with E-state index in [0.717, 1.165) is 39.0 Å². The zero-order valence-corrected chi connectivity index (χ0v) is 13.9. The molecule has 1 saturated heterocycles. The number of anilines is 1. The van der Waals surface area contributed by atoms with Gasteiger partial charge in [0.2, 0.25) is 0 Å². The number of halogens is 1. The molecular weight excluding hydrogens is 311 g/mol. The maximum atomic E-state index is 14.8. The van der Waals surface area contributed by atoms with Gasteiger partial charge in [-0.3, -0.25) is 14.2 Å². The van der Waals surface area contributed by atoms with E-state index < -0.39 is 11.5 Å². The number of H-pyrrole nitrogens is 1. The minimum Gasteiger partial charge on any atom is -0.366 e. The largest absolute Gasteiger partial charge is 0.366 e. The van der Waals surface area contributed by atoms with Crippen molar-refractivity contribution >= 4 is 11.2 Å². The zero-order valence-electron chi connectivity index (χ0n) is 13.9. The molecule has 2 aromatic rings. The molecular formula is C17H21FN4O2. The topological polar surface area (TPSA) is 60.8 Å². The minimum atomic E-state index is -0.577. The normalized spacial score (nSPS) is 19.2. The van der Waals surface area contributed by atoms with Gasteiger partial charge >= 0.3 is 5.69 Å². The van der Waals surface area contributed by atoms with Crippen LogP contribution >= 0.6 is 0 Å². The summed E-state index contributed by atoms with van der Waals surface area (Å²) in [4.78, 5) is 31.0. The minimum absolute atomic E-state index is 0.175. The van der Waals surface area contributed by atoms with E-state index in [1.807, 2.05) is 18.9 Å². The third kappa shape index (κ3) is 2.34. The summed E-state index contributed by atoms with van der Waals surface area (Å²) in [6, 6.07) is 0. The second kappa shape index (κ2) is 5.44. The van der Waals surface area contributed by atoms with E-state index in [1.54, 1.807) is 0 Å². The molecule has 128 valence electrons. The van der Waals surface area contributed by atoms with Crippen LogP contribution in [0.4, 0.5) is 10.1 Å². The van der Waals surface area contributed by atoms with Crippen LogP contribution in [0.15, 0.2) is 15.8 Å². The molecule has 7 heteroatoms. The molecule has 0 amide bonds. The fraction of sp³-hybridized carbons (Fsp3) is 0.529. The smallest absolute Gasteiger partial charge is 0.333 e. The SMILES string of the molecule is Cc1c(N2CCN(C)CC2)c(F)cn2c(=O)[nH]c(=O)c(C3CC3)c12. The van der Waals surface area contributed by atoms with E-state index in [9.17, 15) is 14.0 Å². The van der Waals surface area contributed by atoms with Crippen molar-refractivity contribution in [1.29, 1.82) is 0 Å². The van der Waals surface area contributed by atoms with Crippen molar-refractivity contribution in [1.82, 2.24) is 14.3 Å². The van der Waals surface area contributed by atoms with Gasteiger partial charge in [0.05, 0.1) is 17.4 Å². The highest BCUT2D eigenvalue weighted by Gasteiger charge is 2.31. The molecule has 0 bridgehead atoms. The molecule has 0 atom stereocenters. The summed E-state index contributed by atoms with van der Waals surface area (Å²) in [6.07, 6.45) is 3.11. The highest BCUT2D eigenvalue weighted by atomic mass is 19.1. The highest BCUT2D eigenvalue weighted by molar-refractivity contribution is 5.72. The fourth-order valence-corrected chi connectivity index (χ4v) is 3.70. The van der Waals surface area contributed by atoms with E-state index in [0.29, 0.717) is 22.3 Å². The average molecular weight is 332 g/mol. The Kier molecular flexibility index (Phi) is 3.49. The number of nitrogens with zero attached hydrogens (tertiary/aromatic N) is 3. The van der Waals surface area contributed by atoms with Crippen molar-refractivity contribution in [3.8, 4) is 0 Å². The van der Waals surface area contributed by atoms with Crippen molar-refractivity contribution in [3.05, 3.63) is 44.0 Å². The Balaban J connectivity index is 1.97. The number of hydrogen-bond donors (Lipinski definition) is 1. The zero-order chi connectivity index (χ0) is 17.0. The quantitative estimate of drug-likeness (QED) is 0.893. The van der Waals surface area contributed by atoms with Gasteiger partial charge in [-0.25, -0.2) is 9.18 Å². The number of aromatic amines is 1. The lowest BCUT2D eigenvalue weighted by atomic mass is 10.1. The van der Waals surface area contributed by atoms with Crippen molar-refractivity contribution < 1.29 is 4.39 Å². The first-order valence-corrected chi connectivity index (χ1v) is 8.38. The van der Waals surface area contributed by atoms with Crippen LogP contribution in [0.1, 0.15) is 29.9 Å². The van der Waals surface area contributed by atoms with Crippen molar-refractivity contribution in [2.45, 2.75) is 25.7 Å². The highest BCUT2D eigenvalue weighted by Crippen LogP contribution is 2.41. The third-order valence-corrected chi connectivity index (χ3v) is 5.16. The van der Waals surface area contributed by atoms with Crippen LogP contribution in [0.2, 0.25) is 0 Å². The summed E-state index contributed by atoms with van der Waals surface area (Å²) >= 11 is 0. The number of fused-ring (bicyclic) bond motifs is 1. The number of rotatable bonds is 2. The van der Waals surface area contributed by atoms with E-state index in [1.165, 1.54) is 10.6 Å². The second-order valence-electron chi connectivity index (χ2n) is 6.91. The lowest BCUT2D eigenvalue weighted by Crippen LogP contribution is -2.45. The fourth-order valence-electron chi connectivity index (χ4n) is 3.70. The van der Waals surface area contributed by atoms with Crippen LogP contribution < -0.4 is 16.1 Å². The third-order valence-electron chi connectivity index (χ3n) is 5.16. The van der Waals surface area contributed by atoms with E-state index in [2.05, 4.69) is 9.88 Å². The predicted molar refractivity (Wildman–Crippen MR) is 90.7 cm³/mol. The van der Waals surface area contributed by atoms with Crippen LogP contribution in [0.25, 0.3) is 5.52 Å². The molecule has 2 fully saturated rings. The standard InChI is InChI=1S/C17H21FN4O2/c1-10-14(21-7-5-20(2)6-8-21)12(18)9-22-15(10)13(11-3-4-11)16(23)19-17(22)24/h9,11H,3-8H2,1-2H3,(H,19,23,24). The molecule has 4 rings (SSSR count). The summed E-state index contributed by atoms with van der Waals surface area (Å²) < 4.78 is 16.0. The number of nitrogens with one attached hydrogen (secondary N) is 1. The van der Waals surface area contributed by atoms with Crippen LogP contribution in [0.3, 0.4) is 0 Å². The van der Waals surface area contributed by atoms with Gasteiger partial charge in [0.25, 0.3) is 5.56 Å². The number of likely N-dealkylation sites (N-methyl/N-ethyl adjacent to an activating group) is 1. The number of hydrogen-bond acceptors (Lipinski definition) is 4. The molecule has 24 heavy (non-hydrogen) atoms. The second-order valence-corrected chi connectivity index (χ2v) is 6.91. The number of aromatic nitrogens is 2. The van der Waals surface area contributed by atoms with E-state index >= 15 is 0 Å². The first kappa shape index (κ1) is 15.4. The van der Waals surface area contributed by atoms with Crippen molar-refractivity contribution in [2.24, 2.45) is 0 Å². The van der Waals surface area contributed by atoms with Crippen LogP contribution in [-0.4, -0.2) is 47.5 Å². The monoisotopic (exact) mass is 332 g/mol. The van der Waals surface area contributed by atoms with Gasteiger partial charge in [0, 0.05) is 37.3 Å². The summed E-state index contributed by atoms with van der Waals surface area (Å²) in [5.41, 5.74) is 1.51. The molecule has 0 unspecified atom stereocenters.